The molecule has 1 aromatic rings. The Morgan fingerprint density at radius 2 is 2.06 bits per heavy atom. The fraction of sp³-hybridized carbons (Fsp3) is 0.375. The second kappa shape index (κ2) is 5.02. The zero-order valence-electron chi connectivity index (χ0n) is 10.6. The van der Waals surface area contributed by atoms with Crippen molar-refractivity contribution in [2.45, 2.75) is 32.3 Å². The molecule has 3 rings (SSSR count). The van der Waals surface area contributed by atoms with Gasteiger partial charge in [0.05, 0.1) is 12.7 Å². The van der Waals surface area contributed by atoms with Crippen molar-refractivity contribution < 1.29 is 4.74 Å². The standard InChI is InChI=1S/C16H17BrO/c1-11-8-9-18-15(10-11)16-13-5-3-2-4-12(13)6-7-14(16)17/h2-5,8,15H,6-7,9-10H2,1H3. The van der Waals surface area contributed by atoms with E-state index in [1.165, 1.54) is 26.8 Å². The Hall–Kier alpha value is -0.860. The number of ether oxygens (including phenoxy) is 1. The van der Waals surface area contributed by atoms with Crippen molar-refractivity contribution in [3.63, 3.8) is 0 Å². The van der Waals surface area contributed by atoms with Gasteiger partial charge in [-0.25, -0.2) is 0 Å². The minimum atomic E-state index is 0.214. The van der Waals surface area contributed by atoms with Gasteiger partial charge in [-0.1, -0.05) is 51.8 Å². The van der Waals surface area contributed by atoms with E-state index >= 15 is 0 Å². The van der Waals surface area contributed by atoms with Gasteiger partial charge >= 0.3 is 0 Å². The summed E-state index contributed by atoms with van der Waals surface area (Å²) in [6.07, 6.45) is 5.63. The Morgan fingerprint density at radius 1 is 1.22 bits per heavy atom. The molecule has 1 heterocycles. The van der Waals surface area contributed by atoms with Crippen LogP contribution in [0, 0.1) is 0 Å². The minimum absolute atomic E-state index is 0.214. The molecule has 1 nitrogen and oxygen atoms in total. The number of rotatable bonds is 1. The number of hydrogen-bond donors (Lipinski definition) is 0. The lowest BCUT2D eigenvalue weighted by Crippen LogP contribution is -2.22. The number of halogens is 1. The van der Waals surface area contributed by atoms with Gasteiger partial charge in [0, 0.05) is 4.48 Å². The molecule has 2 aliphatic rings. The summed E-state index contributed by atoms with van der Waals surface area (Å²) in [5.74, 6) is 0. The molecule has 0 aromatic heterocycles. The first-order valence-electron chi connectivity index (χ1n) is 6.50. The van der Waals surface area contributed by atoms with Crippen molar-refractivity contribution in [1.29, 1.82) is 0 Å². The lowest BCUT2D eigenvalue weighted by Gasteiger charge is -2.29. The number of hydrogen-bond acceptors (Lipinski definition) is 1. The molecule has 0 radical (unpaired) electrons. The highest BCUT2D eigenvalue weighted by molar-refractivity contribution is 9.11. The van der Waals surface area contributed by atoms with Crippen LogP contribution in [0.4, 0.5) is 0 Å². The van der Waals surface area contributed by atoms with Gasteiger partial charge in [0.2, 0.25) is 0 Å². The summed E-state index contributed by atoms with van der Waals surface area (Å²) in [7, 11) is 0. The Labute approximate surface area is 117 Å². The third-order valence-corrected chi connectivity index (χ3v) is 4.60. The van der Waals surface area contributed by atoms with Crippen LogP contribution in [0.1, 0.15) is 30.9 Å². The van der Waals surface area contributed by atoms with Gasteiger partial charge in [0.15, 0.2) is 0 Å². The number of fused-ring (bicyclic) bond motifs is 1. The molecule has 0 bridgehead atoms. The smallest absolute Gasteiger partial charge is 0.0879 e. The van der Waals surface area contributed by atoms with Crippen LogP contribution in [0.3, 0.4) is 0 Å². The van der Waals surface area contributed by atoms with Gasteiger partial charge in [0.1, 0.15) is 0 Å². The van der Waals surface area contributed by atoms with E-state index in [0.717, 1.165) is 25.9 Å². The largest absolute Gasteiger partial charge is 0.369 e. The molecule has 1 aliphatic carbocycles. The van der Waals surface area contributed by atoms with Crippen LogP contribution in [-0.4, -0.2) is 12.7 Å². The van der Waals surface area contributed by atoms with Crippen molar-refractivity contribution in [3.8, 4) is 0 Å². The SMILES string of the molecule is CC1=CCOC(C2=C(Br)CCc3ccccc32)C1. The molecule has 1 aliphatic heterocycles. The lowest BCUT2D eigenvalue weighted by atomic mass is 9.85. The summed E-state index contributed by atoms with van der Waals surface area (Å²) in [6.45, 7) is 2.93. The van der Waals surface area contributed by atoms with Crippen LogP contribution in [0.15, 0.2) is 40.4 Å². The van der Waals surface area contributed by atoms with E-state index in [4.69, 9.17) is 4.74 Å². The van der Waals surface area contributed by atoms with Crippen LogP contribution >= 0.6 is 15.9 Å². The maximum absolute atomic E-state index is 5.95. The Morgan fingerprint density at radius 3 is 2.89 bits per heavy atom. The zero-order chi connectivity index (χ0) is 12.5. The fourth-order valence-electron chi connectivity index (χ4n) is 2.80. The second-order valence-electron chi connectivity index (χ2n) is 5.05. The lowest BCUT2D eigenvalue weighted by molar-refractivity contribution is 0.105. The highest BCUT2D eigenvalue weighted by atomic mass is 79.9. The minimum Gasteiger partial charge on any atom is -0.369 e. The van der Waals surface area contributed by atoms with Crippen molar-refractivity contribution in [3.05, 3.63) is 51.5 Å². The molecule has 1 unspecified atom stereocenters. The summed E-state index contributed by atoms with van der Waals surface area (Å²) in [4.78, 5) is 0. The normalized spacial score (nSPS) is 23.7. The Bertz CT molecular complexity index is 528. The predicted octanol–water partition coefficient (Wildman–Crippen LogP) is 4.47. The number of aryl methyl sites for hydroxylation is 1. The van der Waals surface area contributed by atoms with E-state index < -0.39 is 0 Å². The van der Waals surface area contributed by atoms with Crippen LogP contribution < -0.4 is 0 Å². The first kappa shape index (κ1) is 12.2. The van der Waals surface area contributed by atoms with Crippen LogP contribution in [0.2, 0.25) is 0 Å². The molecule has 18 heavy (non-hydrogen) atoms. The van der Waals surface area contributed by atoms with E-state index in [9.17, 15) is 0 Å². The quantitative estimate of drug-likeness (QED) is 0.695. The summed E-state index contributed by atoms with van der Waals surface area (Å²) in [5, 5.41) is 0. The summed E-state index contributed by atoms with van der Waals surface area (Å²) in [5.41, 5.74) is 5.62. The average Bonchev–Trinajstić information content (AvgIpc) is 2.38. The highest BCUT2D eigenvalue weighted by Gasteiger charge is 2.26. The molecule has 2 heteroatoms. The third kappa shape index (κ3) is 2.19. The van der Waals surface area contributed by atoms with Crippen LogP contribution in [-0.2, 0) is 11.2 Å². The first-order chi connectivity index (χ1) is 8.75. The molecule has 0 saturated carbocycles. The first-order valence-corrected chi connectivity index (χ1v) is 7.29. The molecule has 0 fully saturated rings. The van der Waals surface area contributed by atoms with E-state index in [1.807, 2.05) is 0 Å². The van der Waals surface area contributed by atoms with E-state index in [0.29, 0.717) is 0 Å². The summed E-state index contributed by atoms with van der Waals surface area (Å²) >= 11 is 3.76. The molecule has 94 valence electrons. The Kier molecular flexibility index (Phi) is 3.40. The number of allylic oxidation sites excluding steroid dienone is 1. The van der Waals surface area contributed by atoms with E-state index in [1.54, 1.807) is 0 Å². The van der Waals surface area contributed by atoms with Gasteiger partial charge in [0.25, 0.3) is 0 Å². The summed E-state index contributed by atoms with van der Waals surface area (Å²) in [6, 6.07) is 8.71. The molecule has 0 N–H and O–H groups in total. The van der Waals surface area contributed by atoms with Crippen molar-refractivity contribution >= 4 is 21.5 Å². The topological polar surface area (TPSA) is 9.23 Å². The molecule has 1 aromatic carbocycles. The summed E-state index contributed by atoms with van der Waals surface area (Å²) < 4.78 is 7.27. The van der Waals surface area contributed by atoms with Gasteiger partial charge < -0.3 is 4.74 Å². The molecule has 0 spiro atoms. The monoisotopic (exact) mass is 304 g/mol. The van der Waals surface area contributed by atoms with Gasteiger partial charge in [-0.3, -0.25) is 0 Å². The zero-order valence-corrected chi connectivity index (χ0v) is 12.2. The number of benzene rings is 1. The molecule has 0 amide bonds. The molecular weight excluding hydrogens is 288 g/mol. The van der Waals surface area contributed by atoms with Crippen molar-refractivity contribution in [1.82, 2.24) is 0 Å². The van der Waals surface area contributed by atoms with Crippen molar-refractivity contribution in [2.75, 3.05) is 6.61 Å². The van der Waals surface area contributed by atoms with Crippen LogP contribution in [0.5, 0.6) is 0 Å². The molecule has 1 atom stereocenters. The van der Waals surface area contributed by atoms with Gasteiger partial charge in [-0.05, 0) is 42.9 Å². The average molecular weight is 305 g/mol. The van der Waals surface area contributed by atoms with Crippen LogP contribution in [0.25, 0.3) is 5.57 Å². The fourth-order valence-corrected chi connectivity index (χ4v) is 3.47. The van der Waals surface area contributed by atoms with Crippen molar-refractivity contribution in [2.24, 2.45) is 0 Å². The molecular formula is C16H17BrO. The molecule has 0 saturated heterocycles. The van der Waals surface area contributed by atoms with E-state index in [2.05, 4.69) is 53.2 Å². The predicted molar refractivity (Wildman–Crippen MR) is 78.7 cm³/mol. The van der Waals surface area contributed by atoms with Gasteiger partial charge in [-0.15, -0.1) is 0 Å². The Balaban J connectivity index is 2.02. The maximum atomic E-state index is 5.95. The highest BCUT2D eigenvalue weighted by Crippen LogP contribution is 2.39. The second-order valence-corrected chi connectivity index (χ2v) is 6.01. The van der Waals surface area contributed by atoms with Gasteiger partial charge in [-0.2, -0.15) is 0 Å². The maximum Gasteiger partial charge on any atom is 0.0879 e. The third-order valence-electron chi connectivity index (χ3n) is 3.77. The van der Waals surface area contributed by atoms with E-state index in [-0.39, 0.29) is 6.10 Å².